The predicted octanol–water partition coefficient (Wildman–Crippen LogP) is 2.10. The number of amides is 4. The smallest absolute Gasteiger partial charge is 0.315 e. The van der Waals surface area contributed by atoms with Crippen LogP contribution in [0.2, 0.25) is 0 Å². The number of hydrogen-bond acceptors (Lipinski definition) is 10. The van der Waals surface area contributed by atoms with Gasteiger partial charge in [0.2, 0.25) is 5.91 Å². The van der Waals surface area contributed by atoms with E-state index in [9.17, 15) is 14.4 Å². The Bertz CT molecular complexity index is 1110. The minimum atomic E-state index is -0.169. The molecular formula is C26H40N8O3S3. The Labute approximate surface area is 247 Å². The highest BCUT2D eigenvalue weighted by atomic mass is 32.2. The lowest BCUT2D eigenvalue weighted by molar-refractivity contribution is -0.121. The quantitative estimate of drug-likeness (QED) is 0.111. The molecule has 0 saturated carbocycles. The number of carbonyl (C=O) groups is 3. The van der Waals surface area contributed by atoms with Crippen molar-refractivity contribution in [2.75, 3.05) is 38.5 Å². The Morgan fingerprint density at radius 2 is 1.85 bits per heavy atom. The van der Waals surface area contributed by atoms with Gasteiger partial charge in [0.1, 0.15) is 16.4 Å². The number of thioether (sulfide) groups is 1. The van der Waals surface area contributed by atoms with Crippen LogP contribution in [-0.4, -0.2) is 83.6 Å². The number of hydrogen-bond donors (Lipinski definition) is 6. The number of fused-ring (bicyclic) bond motifs is 1. The van der Waals surface area contributed by atoms with Crippen molar-refractivity contribution in [2.45, 2.75) is 68.7 Å². The Morgan fingerprint density at radius 3 is 2.73 bits per heavy atom. The normalized spacial score (nSPS) is 19.7. The molecule has 0 aromatic carbocycles. The Morgan fingerprint density at radius 1 is 0.975 bits per heavy atom. The number of unbranched alkanes of at least 4 members (excludes halogenated alkanes) is 2. The molecule has 2 aliphatic heterocycles. The summed E-state index contributed by atoms with van der Waals surface area (Å²) in [6, 6.07) is 0.405. The number of urea groups is 1. The molecule has 2 aromatic rings. The molecule has 4 amide bonds. The molecule has 220 valence electrons. The van der Waals surface area contributed by atoms with Crippen LogP contribution in [-0.2, 0) is 11.2 Å². The maximum atomic E-state index is 12.4. The third kappa shape index (κ3) is 9.40. The van der Waals surface area contributed by atoms with E-state index in [0.717, 1.165) is 79.6 Å². The average Bonchev–Trinajstić information content (AvgIpc) is 3.73. The summed E-state index contributed by atoms with van der Waals surface area (Å²) in [5.74, 6) is 0.848. The highest BCUT2D eigenvalue weighted by molar-refractivity contribution is 8.00. The molecule has 2 saturated heterocycles. The summed E-state index contributed by atoms with van der Waals surface area (Å²) in [5, 5.41) is 21.0. The van der Waals surface area contributed by atoms with E-state index >= 15 is 0 Å². The second kappa shape index (κ2) is 16.2. The first-order valence-electron chi connectivity index (χ1n) is 14.1. The van der Waals surface area contributed by atoms with Crippen LogP contribution in [0.15, 0.2) is 10.8 Å². The summed E-state index contributed by atoms with van der Waals surface area (Å²) >= 11 is 4.85. The number of thiazole rings is 2. The Balaban J connectivity index is 1.07. The van der Waals surface area contributed by atoms with Crippen LogP contribution in [0.5, 0.6) is 0 Å². The first kappa shape index (κ1) is 30.7. The van der Waals surface area contributed by atoms with Gasteiger partial charge in [-0.2, -0.15) is 11.8 Å². The molecule has 40 heavy (non-hydrogen) atoms. The molecule has 4 rings (SSSR count). The van der Waals surface area contributed by atoms with Crippen molar-refractivity contribution in [3.05, 3.63) is 21.5 Å². The highest BCUT2D eigenvalue weighted by Gasteiger charge is 2.42. The number of nitrogens with one attached hydrogen (secondary N) is 5. The van der Waals surface area contributed by atoms with Crippen LogP contribution in [0.1, 0.15) is 60.4 Å². The van der Waals surface area contributed by atoms with Crippen LogP contribution in [0, 0.1) is 0 Å². The fourth-order valence-electron chi connectivity index (χ4n) is 4.72. The first-order chi connectivity index (χ1) is 19.5. The maximum absolute atomic E-state index is 12.4. The standard InChI is InChI=1S/C26H40N8O3S3/c27-9-3-4-10-28-11-5-12-30-24(36)18-15-40-25(32-18)19-16-39-22(31-19)8-13-29-21(35)7-2-1-6-20-23-17(14-38-20)33-26(37)34-23/h15-17,20,23,28H,1-14,27H2,(H,29,35)(H,30,36)(H2,33,34,37)/t17-,20-,23-/m0/s1. The van der Waals surface area contributed by atoms with E-state index in [1.807, 2.05) is 17.1 Å². The molecule has 0 spiro atoms. The molecule has 3 atom stereocenters. The van der Waals surface area contributed by atoms with E-state index in [1.165, 1.54) is 22.7 Å². The molecule has 0 aliphatic carbocycles. The second-order valence-electron chi connectivity index (χ2n) is 9.99. The summed E-state index contributed by atoms with van der Waals surface area (Å²) in [4.78, 5) is 45.3. The van der Waals surface area contributed by atoms with Crippen molar-refractivity contribution in [1.82, 2.24) is 36.6 Å². The monoisotopic (exact) mass is 608 g/mol. The van der Waals surface area contributed by atoms with Gasteiger partial charge in [0.05, 0.1) is 17.1 Å². The molecule has 2 fully saturated rings. The van der Waals surface area contributed by atoms with Gasteiger partial charge in [-0.05, 0) is 51.7 Å². The number of nitrogens with two attached hydrogens (primary N) is 1. The zero-order chi connectivity index (χ0) is 28.2. The van der Waals surface area contributed by atoms with E-state index in [4.69, 9.17) is 5.73 Å². The average molecular weight is 609 g/mol. The van der Waals surface area contributed by atoms with Crippen molar-refractivity contribution in [3.63, 3.8) is 0 Å². The Hall–Kier alpha value is -2.26. The molecule has 0 unspecified atom stereocenters. The topological polar surface area (TPSA) is 163 Å². The van der Waals surface area contributed by atoms with Crippen molar-refractivity contribution >= 4 is 52.3 Å². The lowest BCUT2D eigenvalue weighted by atomic mass is 10.0. The second-order valence-corrected chi connectivity index (χ2v) is 13.1. The van der Waals surface area contributed by atoms with Crippen LogP contribution in [0.4, 0.5) is 4.79 Å². The summed E-state index contributed by atoms with van der Waals surface area (Å²) in [6.45, 7) is 3.67. The van der Waals surface area contributed by atoms with Gasteiger partial charge in [0, 0.05) is 47.7 Å². The van der Waals surface area contributed by atoms with Crippen LogP contribution >= 0.6 is 34.4 Å². The zero-order valence-electron chi connectivity index (χ0n) is 22.7. The number of aromatic nitrogens is 2. The fraction of sp³-hybridized carbons (Fsp3) is 0.654. The van der Waals surface area contributed by atoms with E-state index < -0.39 is 0 Å². The summed E-state index contributed by atoms with van der Waals surface area (Å²) < 4.78 is 0. The lowest BCUT2D eigenvalue weighted by Crippen LogP contribution is -2.36. The van der Waals surface area contributed by atoms with Gasteiger partial charge in [-0.3, -0.25) is 9.59 Å². The minimum Gasteiger partial charge on any atom is -0.356 e. The van der Waals surface area contributed by atoms with Gasteiger partial charge in [0.25, 0.3) is 5.91 Å². The Kier molecular flexibility index (Phi) is 12.5. The molecular weight excluding hydrogens is 569 g/mol. The van der Waals surface area contributed by atoms with E-state index in [0.29, 0.717) is 36.9 Å². The van der Waals surface area contributed by atoms with Crippen molar-refractivity contribution in [3.8, 4) is 10.7 Å². The molecule has 2 aromatic heterocycles. The number of carbonyl (C=O) groups excluding carboxylic acids is 3. The zero-order valence-corrected chi connectivity index (χ0v) is 25.2. The largest absolute Gasteiger partial charge is 0.356 e. The highest BCUT2D eigenvalue weighted by Crippen LogP contribution is 2.33. The van der Waals surface area contributed by atoms with Crippen molar-refractivity contribution < 1.29 is 14.4 Å². The molecule has 4 heterocycles. The third-order valence-electron chi connectivity index (χ3n) is 6.87. The van der Waals surface area contributed by atoms with Crippen LogP contribution in [0.25, 0.3) is 10.7 Å². The van der Waals surface area contributed by atoms with Gasteiger partial charge >= 0.3 is 6.03 Å². The molecule has 0 radical (unpaired) electrons. The van der Waals surface area contributed by atoms with Gasteiger partial charge in [0.15, 0.2) is 0 Å². The molecule has 2 aliphatic rings. The lowest BCUT2D eigenvalue weighted by Gasteiger charge is -2.16. The summed E-state index contributed by atoms with van der Waals surface area (Å²) in [5.41, 5.74) is 6.66. The van der Waals surface area contributed by atoms with Gasteiger partial charge < -0.3 is 32.3 Å². The summed E-state index contributed by atoms with van der Waals surface area (Å²) in [6.07, 6.45) is 6.94. The van der Waals surface area contributed by atoms with E-state index in [1.54, 1.807) is 5.38 Å². The number of nitrogens with zero attached hydrogens (tertiary/aromatic N) is 2. The maximum Gasteiger partial charge on any atom is 0.315 e. The van der Waals surface area contributed by atoms with Crippen molar-refractivity contribution in [1.29, 1.82) is 0 Å². The van der Waals surface area contributed by atoms with Crippen LogP contribution in [0.3, 0.4) is 0 Å². The number of rotatable bonds is 18. The molecule has 14 heteroatoms. The molecule has 7 N–H and O–H groups in total. The van der Waals surface area contributed by atoms with Crippen molar-refractivity contribution in [2.24, 2.45) is 5.73 Å². The first-order valence-corrected chi connectivity index (χ1v) is 16.9. The molecule has 0 bridgehead atoms. The van der Waals surface area contributed by atoms with Gasteiger partial charge in [-0.15, -0.1) is 22.7 Å². The third-order valence-corrected chi connectivity index (χ3v) is 10.2. The van der Waals surface area contributed by atoms with Gasteiger partial charge in [-0.25, -0.2) is 14.8 Å². The molecule has 11 nitrogen and oxygen atoms in total. The van der Waals surface area contributed by atoms with Crippen LogP contribution < -0.4 is 32.3 Å². The van der Waals surface area contributed by atoms with E-state index in [-0.39, 0.29) is 29.9 Å². The summed E-state index contributed by atoms with van der Waals surface area (Å²) in [7, 11) is 0. The fourth-order valence-corrected chi connectivity index (χ4v) is 7.88. The van der Waals surface area contributed by atoms with E-state index in [2.05, 4.69) is 36.6 Å². The minimum absolute atomic E-state index is 0.0579. The SMILES string of the molecule is NCCCCNCCCNC(=O)c1csc(-c2csc(CCNC(=O)CCCC[C@@H]3SC[C@@H]4NC(=O)N[C@@H]43)n2)n1. The van der Waals surface area contributed by atoms with Gasteiger partial charge in [-0.1, -0.05) is 6.42 Å². The predicted molar refractivity (Wildman–Crippen MR) is 162 cm³/mol.